The van der Waals surface area contributed by atoms with Gasteiger partial charge in [-0.2, -0.15) is 16.9 Å². The van der Waals surface area contributed by atoms with E-state index in [1.807, 2.05) is 30.5 Å². The number of aromatic nitrogens is 2. The van der Waals surface area contributed by atoms with Crippen LogP contribution in [0.5, 0.6) is 0 Å². The number of benzene rings is 1. The van der Waals surface area contributed by atoms with Crippen molar-refractivity contribution < 1.29 is 4.79 Å². The van der Waals surface area contributed by atoms with Crippen LogP contribution in [0.15, 0.2) is 41.2 Å². The molecule has 21 heavy (non-hydrogen) atoms. The molecule has 7 heteroatoms. The van der Waals surface area contributed by atoms with Crippen molar-refractivity contribution in [2.75, 3.05) is 12.8 Å². The predicted octanol–water partition coefficient (Wildman–Crippen LogP) is 2.26. The molecule has 5 nitrogen and oxygen atoms in total. The molecule has 0 aliphatic heterocycles. The highest BCUT2D eigenvalue weighted by Gasteiger charge is 2.13. The zero-order valence-electron chi connectivity index (χ0n) is 11.3. The number of halogens is 1. The van der Waals surface area contributed by atoms with Crippen LogP contribution in [0, 0.1) is 0 Å². The number of carbonyl (C=O) groups is 1. The summed E-state index contributed by atoms with van der Waals surface area (Å²) in [7, 11) is 0. The molecule has 1 amide bonds. The number of nitrogens with one attached hydrogen (secondary N) is 2. The molecule has 110 valence electrons. The van der Waals surface area contributed by atoms with E-state index in [0.717, 1.165) is 5.56 Å². The van der Waals surface area contributed by atoms with Gasteiger partial charge in [0.2, 0.25) is 0 Å². The van der Waals surface area contributed by atoms with Crippen LogP contribution >= 0.6 is 23.4 Å². The van der Waals surface area contributed by atoms with Gasteiger partial charge in [0.15, 0.2) is 0 Å². The highest BCUT2D eigenvalue weighted by atomic mass is 35.5. The first kappa shape index (κ1) is 15.6. The highest BCUT2D eigenvalue weighted by Crippen LogP contribution is 2.27. The summed E-state index contributed by atoms with van der Waals surface area (Å²) in [6.45, 7) is 0.446. The van der Waals surface area contributed by atoms with E-state index in [-0.39, 0.29) is 22.4 Å². The first-order valence-electron chi connectivity index (χ1n) is 6.22. The van der Waals surface area contributed by atoms with Crippen LogP contribution in [-0.4, -0.2) is 28.9 Å². The lowest BCUT2D eigenvalue weighted by Crippen LogP contribution is -2.29. The molecular weight excluding hydrogens is 310 g/mol. The zero-order chi connectivity index (χ0) is 15.2. The van der Waals surface area contributed by atoms with Gasteiger partial charge in [0.25, 0.3) is 11.5 Å². The van der Waals surface area contributed by atoms with Crippen molar-refractivity contribution in [1.29, 1.82) is 0 Å². The molecule has 0 unspecified atom stereocenters. The van der Waals surface area contributed by atoms with E-state index in [1.165, 1.54) is 12.1 Å². The summed E-state index contributed by atoms with van der Waals surface area (Å²) in [5.74, 6) is -0.327. The molecule has 2 aromatic rings. The van der Waals surface area contributed by atoms with E-state index in [0.29, 0.717) is 11.6 Å². The molecule has 2 rings (SSSR count). The number of aromatic amines is 1. The van der Waals surface area contributed by atoms with Gasteiger partial charge in [-0.05, 0) is 30.0 Å². The third-order valence-electron chi connectivity index (χ3n) is 2.86. The van der Waals surface area contributed by atoms with Gasteiger partial charge in [-0.1, -0.05) is 23.7 Å². The molecule has 0 bridgehead atoms. The van der Waals surface area contributed by atoms with Crippen LogP contribution in [0.1, 0.15) is 21.3 Å². The maximum Gasteiger partial charge on any atom is 0.271 e. The molecule has 0 radical (unpaired) electrons. The third-order valence-corrected chi connectivity index (χ3v) is 4.11. The Morgan fingerprint density at radius 2 is 2.24 bits per heavy atom. The number of rotatable bonds is 5. The Morgan fingerprint density at radius 1 is 1.43 bits per heavy atom. The number of thioether (sulfide) groups is 1. The van der Waals surface area contributed by atoms with E-state index in [1.54, 1.807) is 11.8 Å². The molecule has 0 saturated carbocycles. The molecule has 0 fully saturated rings. The summed E-state index contributed by atoms with van der Waals surface area (Å²) in [5.41, 5.74) is 0.887. The summed E-state index contributed by atoms with van der Waals surface area (Å²) in [6, 6.07) is 10.2. The summed E-state index contributed by atoms with van der Waals surface area (Å²) in [5, 5.41) is 9.48. The maximum absolute atomic E-state index is 11.9. The van der Waals surface area contributed by atoms with Crippen LogP contribution in [0.25, 0.3) is 0 Å². The standard InChI is InChI=1S/C14H14ClN3O2S/c1-21-12(9-3-2-4-10(15)7-9)8-16-14(20)11-5-6-13(19)18-17-11/h2-7,12H,8H2,1H3,(H,16,20)(H,18,19)/t12-/m1/s1. The van der Waals surface area contributed by atoms with Crippen molar-refractivity contribution in [2.45, 2.75) is 5.25 Å². The van der Waals surface area contributed by atoms with E-state index in [4.69, 9.17) is 11.6 Å². The minimum Gasteiger partial charge on any atom is -0.349 e. The lowest BCUT2D eigenvalue weighted by molar-refractivity contribution is 0.0947. The van der Waals surface area contributed by atoms with Gasteiger partial charge in [-0.3, -0.25) is 9.59 Å². The second-order valence-electron chi connectivity index (χ2n) is 4.30. The maximum atomic E-state index is 11.9. The lowest BCUT2D eigenvalue weighted by Gasteiger charge is -2.15. The molecule has 0 aliphatic carbocycles. The van der Waals surface area contributed by atoms with E-state index in [9.17, 15) is 9.59 Å². The van der Waals surface area contributed by atoms with Gasteiger partial charge < -0.3 is 5.32 Å². The minimum atomic E-state index is -0.340. The molecule has 0 saturated heterocycles. The molecule has 1 aromatic carbocycles. The van der Waals surface area contributed by atoms with Crippen molar-refractivity contribution in [3.8, 4) is 0 Å². The van der Waals surface area contributed by atoms with Crippen molar-refractivity contribution in [1.82, 2.24) is 15.5 Å². The van der Waals surface area contributed by atoms with Crippen molar-refractivity contribution in [2.24, 2.45) is 0 Å². The van der Waals surface area contributed by atoms with Crippen LogP contribution < -0.4 is 10.9 Å². The third kappa shape index (κ3) is 4.34. The van der Waals surface area contributed by atoms with Gasteiger partial charge in [0.05, 0.1) is 0 Å². The minimum absolute atomic E-state index is 0.0930. The summed E-state index contributed by atoms with van der Waals surface area (Å²) >= 11 is 7.60. The Kier molecular flexibility index (Phi) is 5.41. The normalized spacial score (nSPS) is 11.9. The number of carbonyl (C=O) groups excluding carboxylic acids is 1. The molecule has 2 N–H and O–H groups in total. The van der Waals surface area contributed by atoms with Crippen LogP contribution in [0.2, 0.25) is 5.02 Å². The van der Waals surface area contributed by atoms with Gasteiger partial charge in [0, 0.05) is 22.9 Å². The number of amides is 1. The average Bonchev–Trinajstić information content (AvgIpc) is 2.48. The Labute approximate surface area is 131 Å². The fraction of sp³-hybridized carbons (Fsp3) is 0.214. The van der Waals surface area contributed by atoms with Crippen molar-refractivity contribution in [3.05, 3.63) is 63.0 Å². The Bertz CT molecular complexity index is 669. The Morgan fingerprint density at radius 3 is 2.86 bits per heavy atom. The van der Waals surface area contributed by atoms with Gasteiger partial charge in [0.1, 0.15) is 5.69 Å². The Balaban J connectivity index is 2.01. The fourth-order valence-electron chi connectivity index (χ4n) is 1.79. The van der Waals surface area contributed by atoms with Gasteiger partial charge in [-0.15, -0.1) is 0 Å². The summed E-state index contributed by atoms with van der Waals surface area (Å²) in [4.78, 5) is 22.9. The second-order valence-corrected chi connectivity index (χ2v) is 5.77. The molecular formula is C14H14ClN3O2S. The van der Waals surface area contributed by atoms with Crippen molar-refractivity contribution >= 4 is 29.3 Å². The Hall–Kier alpha value is -1.79. The number of H-pyrrole nitrogens is 1. The van der Waals surface area contributed by atoms with Crippen LogP contribution in [-0.2, 0) is 0 Å². The predicted molar refractivity (Wildman–Crippen MR) is 84.9 cm³/mol. The van der Waals surface area contributed by atoms with Crippen LogP contribution in [0.3, 0.4) is 0 Å². The molecule has 1 atom stereocenters. The number of hydrogen-bond acceptors (Lipinski definition) is 4. The number of hydrogen-bond donors (Lipinski definition) is 2. The molecule has 0 spiro atoms. The molecule has 1 heterocycles. The molecule has 0 aliphatic rings. The smallest absolute Gasteiger partial charge is 0.271 e. The SMILES string of the molecule is CS[C@H](CNC(=O)c1ccc(=O)[nH]n1)c1cccc(Cl)c1. The summed E-state index contributed by atoms with van der Waals surface area (Å²) < 4.78 is 0. The average molecular weight is 324 g/mol. The highest BCUT2D eigenvalue weighted by molar-refractivity contribution is 7.98. The topological polar surface area (TPSA) is 74.8 Å². The van der Waals surface area contributed by atoms with E-state index in [2.05, 4.69) is 15.5 Å². The first-order valence-corrected chi connectivity index (χ1v) is 7.89. The fourth-order valence-corrected chi connectivity index (χ4v) is 2.66. The lowest BCUT2D eigenvalue weighted by atomic mass is 10.1. The number of nitrogens with zero attached hydrogens (tertiary/aromatic N) is 1. The monoisotopic (exact) mass is 323 g/mol. The van der Waals surface area contributed by atoms with Gasteiger partial charge >= 0.3 is 0 Å². The largest absolute Gasteiger partial charge is 0.349 e. The van der Waals surface area contributed by atoms with E-state index < -0.39 is 0 Å². The zero-order valence-corrected chi connectivity index (χ0v) is 12.9. The summed E-state index contributed by atoms with van der Waals surface area (Å²) in [6.07, 6.45) is 1.97. The van der Waals surface area contributed by atoms with Crippen LogP contribution in [0.4, 0.5) is 0 Å². The van der Waals surface area contributed by atoms with Gasteiger partial charge in [-0.25, -0.2) is 5.10 Å². The van der Waals surface area contributed by atoms with E-state index >= 15 is 0 Å². The molecule has 1 aromatic heterocycles. The quantitative estimate of drug-likeness (QED) is 0.885. The second kappa shape index (κ2) is 7.28. The van der Waals surface area contributed by atoms with Crippen molar-refractivity contribution in [3.63, 3.8) is 0 Å². The first-order chi connectivity index (χ1) is 10.1.